The fourth-order valence-electron chi connectivity index (χ4n) is 9.26. The van der Waals surface area contributed by atoms with Crippen molar-refractivity contribution in [2.24, 2.45) is 0 Å². The lowest BCUT2D eigenvalue weighted by molar-refractivity contribution is 1.19. The quantitative estimate of drug-likeness (QED) is 0.175. The van der Waals surface area contributed by atoms with Crippen molar-refractivity contribution in [1.82, 2.24) is 14.5 Å². The van der Waals surface area contributed by atoms with Crippen LogP contribution in [0.4, 0.5) is 0 Å². The molecule has 3 nitrogen and oxygen atoms in total. The fraction of sp³-hybridized carbons (Fsp3) is 0. The average Bonchev–Trinajstić information content (AvgIpc) is 3.66. The molecule has 0 saturated heterocycles. The zero-order valence-electron chi connectivity index (χ0n) is 32.0. The predicted molar refractivity (Wildman–Crippen MR) is 248 cm³/mol. The first-order chi connectivity index (χ1) is 29.3. The molecule has 12 aromatic rings. The summed E-state index contributed by atoms with van der Waals surface area (Å²) in [6.07, 6.45) is 0. The van der Waals surface area contributed by atoms with Gasteiger partial charge in [-0.1, -0.05) is 164 Å². The van der Waals surface area contributed by atoms with E-state index in [0.717, 1.165) is 66.4 Å². The van der Waals surface area contributed by atoms with Gasteiger partial charge in [-0.15, -0.1) is 0 Å². The van der Waals surface area contributed by atoms with E-state index in [0.29, 0.717) is 5.82 Å². The molecule has 0 aliphatic rings. The SMILES string of the molecule is c1ccc(-c2cc(-c3ccccc3)cc(-c3nc(-c4ccc(-n5c6ccc7ccccc7c6c6c7ccccc7ccc65)c5ccccc45)nc4ccccc34)c2)cc1. The summed E-state index contributed by atoms with van der Waals surface area (Å²) in [4.78, 5) is 10.8. The molecule has 0 N–H and O–H groups in total. The van der Waals surface area contributed by atoms with Crippen molar-refractivity contribution in [2.45, 2.75) is 0 Å². The monoisotopic (exact) mass is 749 g/mol. The predicted octanol–water partition coefficient (Wildman–Crippen LogP) is 14.9. The van der Waals surface area contributed by atoms with Gasteiger partial charge in [-0.2, -0.15) is 0 Å². The average molecular weight is 750 g/mol. The van der Waals surface area contributed by atoms with Crippen LogP contribution < -0.4 is 0 Å². The maximum Gasteiger partial charge on any atom is 0.161 e. The maximum atomic E-state index is 5.50. The number of hydrogen-bond donors (Lipinski definition) is 0. The van der Waals surface area contributed by atoms with Crippen molar-refractivity contribution >= 4 is 65.0 Å². The third-order valence-electron chi connectivity index (χ3n) is 12.0. The molecule has 12 rings (SSSR count). The van der Waals surface area contributed by atoms with E-state index < -0.39 is 0 Å². The lowest BCUT2D eigenvalue weighted by Crippen LogP contribution is -1.99. The highest BCUT2D eigenvalue weighted by atomic mass is 15.0. The van der Waals surface area contributed by atoms with Crippen LogP contribution in [0.1, 0.15) is 0 Å². The highest BCUT2D eigenvalue weighted by Crippen LogP contribution is 2.43. The molecule has 0 atom stereocenters. The van der Waals surface area contributed by atoms with Crippen molar-refractivity contribution < 1.29 is 0 Å². The molecule has 10 aromatic carbocycles. The number of rotatable bonds is 5. The van der Waals surface area contributed by atoms with E-state index in [2.05, 4.69) is 217 Å². The fourth-order valence-corrected chi connectivity index (χ4v) is 9.26. The van der Waals surface area contributed by atoms with E-state index in [1.807, 2.05) is 0 Å². The van der Waals surface area contributed by atoms with E-state index in [4.69, 9.17) is 9.97 Å². The summed E-state index contributed by atoms with van der Waals surface area (Å²) < 4.78 is 2.46. The van der Waals surface area contributed by atoms with Crippen LogP contribution in [-0.4, -0.2) is 14.5 Å². The van der Waals surface area contributed by atoms with Crippen LogP contribution >= 0.6 is 0 Å². The maximum absolute atomic E-state index is 5.50. The Kier molecular flexibility index (Phi) is 7.54. The number of fused-ring (bicyclic) bond motifs is 9. The normalized spacial score (nSPS) is 11.7. The van der Waals surface area contributed by atoms with Gasteiger partial charge in [0.15, 0.2) is 5.82 Å². The van der Waals surface area contributed by atoms with Crippen molar-refractivity contribution in [2.75, 3.05) is 0 Å². The Morgan fingerprint density at radius 2 is 0.814 bits per heavy atom. The molecule has 3 heteroatoms. The lowest BCUT2D eigenvalue weighted by Gasteiger charge is -2.16. The molecule has 2 aromatic heterocycles. The Hall–Kier alpha value is -7.88. The summed E-state index contributed by atoms with van der Waals surface area (Å²) in [7, 11) is 0. The van der Waals surface area contributed by atoms with Gasteiger partial charge in [0.05, 0.1) is 27.9 Å². The largest absolute Gasteiger partial charge is 0.309 e. The van der Waals surface area contributed by atoms with Gasteiger partial charge in [-0.25, -0.2) is 9.97 Å². The minimum absolute atomic E-state index is 0.701. The van der Waals surface area contributed by atoms with Crippen molar-refractivity contribution in [3.63, 3.8) is 0 Å². The molecule has 0 fully saturated rings. The van der Waals surface area contributed by atoms with Gasteiger partial charge in [-0.05, 0) is 97.7 Å². The molecule has 0 bridgehead atoms. The molecular formula is C56H35N3. The first kappa shape index (κ1) is 33.3. The molecule has 2 heterocycles. The third-order valence-corrected chi connectivity index (χ3v) is 12.0. The van der Waals surface area contributed by atoms with E-state index in [9.17, 15) is 0 Å². The molecule has 0 amide bonds. The minimum Gasteiger partial charge on any atom is -0.309 e. The zero-order valence-corrected chi connectivity index (χ0v) is 32.0. The summed E-state index contributed by atoms with van der Waals surface area (Å²) >= 11 is 0. The highest BCUT2D eigenvalue weighted by molar-refractivity contribution is 6.29. The van der Waals surface area contributed by atoms with E-state index >= 15 is 0 Å². The summed E-state index contributed by atoms with van der Waals surface area (Å²) in [5, 5.41) is 10.8. The Balaban J connectivity index is 1.11. The van der Waals surface area contributed by atoms with Crippen molar-refractivity contribution in [3.8, 4) is 50.6 Å². The molecule has 0 unspecified atom stereocenters. The molecule has 0 radical (unpaired) electrons. The Morgan fingerprint density at radius 3 is 1.42 bits per heavy atom. The number of benzene rings is 10. The Bertz CT molecular complexity index is 3450. The van der Waals surface area contributed by atoms with Gasteiger partial charge < -0.3 is 4.57 Å². The van der Waals surface area contributed by atoms with Crippen LogP contribution in [0.15, 0.2) is 212 Å². The van der Waals surface area contributed by atoms with Crippen molar-refractivity contribution in [1.29, 1.82) is 0 Å². The van der Waals surface area contributed by atoms with Gasteiger partial charge in [0.25, 0.3) is 0 Å². The van der Waals surface area contributed by atoms with Gasteiger partial charge in [-0.3, -0.25) is 0 Å². The molecule has 0 spiro atoms. The number of nitrogens with zero attached hydrogens (tertiary/aromatic N) is 3. The van der Waals surface area contributed by atoms with Crippen LogP contribution in [0, 0.1) is 0 Å². The van der Waals surface area contributed by atoms with Gasteiger partial charge in [0.2, 0.25) is 0 Å². The molecule has 0 aliphatic heterocycles. The van der Waals surface area contributed by atoms with Crippen LogP contribution in [0.3, 0.4) is 0 Å². The third kappa shape index (κ3) is 5.36. The Labute approximate surface area is 341 Å². The van der Waals surface area contributed by atoms with Crippen molar-refractivity contribution in [3.05, 3.63) is 212 Å². The second kappa shape index (κ2) is 13.4. The summed E-state index contributed by atoms with van der Waals surface area (Å²) in [5.74, 6) is 0.701. The van der Waals surface area contributed by atoms with Crippen LogP contribution in [0.25, 0.3) is 116 Å². The van der Waals surface area contributed by atoms with Crippen LogP contribution in [0.2, 0.25) is 0 Å². The van der Waals surface area contributed by atoms with Gasteiger partial charge in [0, 0.05) is 32.7 Å². The van der Waals surface area contributed by atoms with E-state index in [1.165, 1.54) is 43.4 Å². The smallest absolute Gasteiger partial charge is 0.161 e. The first-order valence-corrected chi connectivity index (χ1v) is 20.2. The van der Waals surface area contributed by atoms with Gasteiger partial charge in [0.1, 0.15) is 0 Å². The van der Waals surface area contributed by atoms with E-state index in [-0.39, 0.29) is 0 Å². The molecule has 59 heavy (non-hydrogen) atoms. The molecule has 0 saturated carbocycles. The molecule has 0 aliphatic carbocycles. The lowest BCUT2D eigenvalue weighted by atomic mass is 9.94. The second-order valence-corrected chi connectivity index (χ2v) is 15.3. The number of aromatic nitrogens is 3. The number of hydrogen-bond acceptors (Lipinski definition) is 2. The summed E-state index contributed by atoms with van der Waals surface area (Å²) in [6.45, 7) is 0. The number of para-hydroxylation sites is 1. The standard InChI is InChI=1S/C56H35N3/c1-3-15-36(16-4-1)40-33-41(37-17-5-2-6-18-37)35-42(34-40)55-48-25-13-14-26-49(48)57-56(58-55)47-29-32-50(46-24-12-11-23-45(46)47)59-51-30-27-38-19-7-9-21-43(38)53(51)54-44-22-10-8-20-39(44)28-31-52(54)59/h1-35H. The van der Waals surface area contributed by atoms with Crippen LogP contribution in [0.5, 0.6) is 0 Å². The topological polar surface area (TPSA) is 30.7 Å². The Morgan fingerprint density at radius 1 is 0.322 bits per heavy atom. The molecule has 274 valence electrons. The van der Waals surface area contributed by atoms with Gasteiger partial charge >= 0.3 is 0 Å². The van der Waals surface area contributed by atoms with Crippen LogP contribution in [-0.2, 0) is 0 Å². The zero-order chi connectivity index (χ0) is 38.9. The minimum atomic E-state index is 0.701. The first-order valence-electron chi connectivity index (χ1n) is 20.2. The van der Waals surface area contributed by atoms with E-state index in [1.54, 1.807) is 0 Å². The second-order valence-electron chi connectivity index (χ2n) is 15.3. The highest BCUT2D eigenvalue weighted by Gasteiger charge is 2.21. The summed E-state index contributed by atoms with van der Waals surface area (Å²) in [6, 6.07) is 76.3. The summed E-state index contributed by atoms with van der Waals surface area (Å²) in [5.41, 5.74) is 12.0. The molecular weight excluding hydrogens is 715 g/mol.